The molecule has 0 aliphatic rings. The molecule has 0 fully saturated rings. The number of ether oxygens (including phenoxy) is 2. The van der Waals surface area contributed by atoms with E-state index in [4.69, 9.17) is 19.3 Å². The number of esters is 2. The third-order valence-corrected chi connectivity index (χ3v) is 8.82. The Morgan fingerprint density at radius 2 is 0.960 bits per heavy atom. The van der Waals surface area contributed by atoms with Crippen LogP contribution in [0.3, 0.4) is 0 Å². The zero-order valence-electron chi connectivity index (χ0n) is 31.8. The van der Waals surface area contributed by atoms with Crippen molar-refractivity contribution in [2.24, 2.45) is 0 Å². The van der Waals surface area contributed by atoms with Gasteiger partial charge in [0, 0.05) is 12.8 Å². The van der Waals surface area contributed by atoms with Gasteiger partial charge in [-0.25, -0.2) is 4.57 Å². The number of unbranched alkanes of at least 4 members (excludes halogenated alkanes) is 18. The van der Waals surface area contributed by atoms with E-state index in [0.717, 1.165) is 77.0 Å². The Labute approximate surface area is 305 Å². The Kier molecular flexibility index (Phi) is 35.3. The van der Waals surface area contributed by atoms with Crippen LogP contribution < -0.4 is 0 Å². The number of phosphoric acid groups is 1. The average molecular weight is 725 g/mol. The Bertz CT molecular complexity index is 952. The molecule has 50 heavy (non-hydrogen) atoms. The van der Waals surface area contributed by atoms with Gasteiger partial charge in [0.2, 0.25) is 0 Å². The highest BCUT2D eigenvalue weighted by atomic mass is 31.2. The monoisotopic (exact) mass is 725 g/mol. The van der Waals surface area contributed by atoms with E-state index < -0.39 is 32.5 Å². The fourth-order valence-electron chi connectivity index (χ4n) is 5.38. The number of rotatable bonds is 36. The van der Waals surface area contributed by atoms with Crippen molar-refractivity contribution in [2.75, 3.05) is 13.2 Å². The van der Waals surface area contributed by atoms with Crippen molar-refractivity contribution in [3.63, 3.8) is 0 Å². The lowest BCUT2D eigenvalue weighted by atomic mass is 10.1. The van der Waals surface area contributed by atoms with Crippen LogP contribution in [-0.2, 0) is 28.2 Å². The molecule has 0 aromatic rings. The molecular formula is C41H73O8P. The maximum Gasteiger partial charge on any atom is 0.469 e. The minimum absolute atomic E-state index is 0.198. The number of allylic oxidation sites excluding steroid dienone is 8. The Morgan fingerprint density at radius 1 is 0.540 bits per heavy atom. The highest BCUT2D eigenvalue weighted by Crippen LogP contribution is 2.36. The van der Waals surface area contributed by atoms with Gasteiger partial charge in [0.15, 0.2) is 6.10 Å². The Morgan fingerprint density at radius 3 is 1.46 bits per heavy atom. The largest absolute Gasteiger partial charge is 0.469 e. The molecule has 0 rings (SSSR count). The second-order valence-electron chi connectivity index (χ2n) is 13.2. The van der Waals surface area contributed by atoms with E-state index in [1.807, 2.05) is 0 Å². The third-order valence-electron chi connectivity index (χ3n) is 8.33. The van der Waals surface area contributed by atoms with Gasteiger partial charge in [-0.15, -0.1) is 0 Å². The van der Waals surface area contributed by atoms with Crippen LogP contribution in [-0.4, -0.2) is 41.0 Å². The van der Waals surface area contributed by atoms with Crippen molar-refractivity contribution in [1.82, 2.24) is 0 Å². The molecule has 2 N–H and O–H groups in total. The summed E-state index contributed by atoms with van der Waals surface area (Å²) >= 11 is 0. The minimum Gasteiger partial charge on any atom is -0.462 e. The van der Waals surface area contributed by atoms with Gasteiger partial charge in [0.25, 0.3) is 0 Å². The van der Waals surface area contributed by atoms with Gasteiger partial charge < -0.3 is 19.3 Å². The van der Waals surface area contributed by atoms with Gasteiger partial charge >= 0.3 is 19.8 Å². The SMILES string of the molecule is CC/C=C\C/C=C\C/C=C\CCCCCCCCCC(=O)OC(COC(=O)CCCCCCC/C=C\CCCCCCCC)COP(=O)(O)O. The fourth-order valence-corrected chi connectivity index (χ4v) is 5.74. The van der Waals surface area contributed by atoms with Crippen molar-refractivity contribution in [3.8, 4) is 0 Å². The summed E-state index contributed by atoms with van der Waals surface area (Å²) in [5.41, 5.74) is 0. The molecule has 9 heteroatoms. The summed E-state index contributed by atoms with van der Waals surface area (Å²) < 4.78 is 26.3. The molecule has 0 aromatic heterocycles. The molecule has 0 aliphatic heterocycles. The number of carbonyl (C=O) groups is 2. The van der Waals surface area contributed by atoms with Gasteiger partial charge in [0.05, 0.1) is 6.61 Å². The van der Waals surface area contributed by atoms with E-state index in [1.54, 1.807) is 0 Å². The molecule has 0 saturated heterocycles. The predicted octanol–water partition coefficient (Wildman–Crippen LogP) is 12.0. The molecule has 290 valence electrons. The molecule has 8 nitrogen and oxygen atoms in total. The van der Waals surface area contributed by atoms with Crippen LogP contribution in [0.1, 0.15) is 181 Å². The summed E-state index contributed by atoms with van der Waals surface area (Å²) in [5, 5.41) is 0. The number of phosphoric ester groups is 1. The Hall–Kier alpha value is -1.99. The quantitative estimate of drug-likeness (QED) is 0.0284. The molecule has 0 amide bonds. The van der Waals surface area contributed by atoms with Crippen molar-refractivity contribution >= 4 is 19.8 Å². The van der Waals surface area contributed by atoms with E-state index in [9.17, 15) is 14.2 Å². The third kappa shape index (κ3) is 38.8. The van der Waals surface area contributed by atoms with Crippen molar-refractivity contribution < 1.29 is 37.9 Å². The van der Waals surface area contributed by atoms with Crippen LogP contribution in [0.25, 0.3) is 0 Å². The lowest BCUT2D eigenvalue weighted by Crippen LogP contribution is -2.29. The van der Waals surface area contributed by atoms with Gasteiger partial charge in [-0.3, -0.25) is 14.1 Å². The molecule has 0 aliphatic carbocycles. The highest BCUT2D eigenvalue weighted by Gasteiger charge is 2.22. The number of hydrogen-bond acceptors (Lipinski definition) is 6. The molecule has 0 radical (unpaired) electrons. The summed E-state index contributed by atoms with van der Waals surface area (Å²) in [7, 11) is -4.76. The first-order chi connectivity index (χ1) is 24.3. The van der Waals surface area contributed by atoms with Gasteiger partial charge in [-0.1, -0.05) is 146 Å². The summed E-state index contributed by atoms with van der Waals surface area (Å²) in [6.07, 6.45) is 44.0. The summed E-state index contributed by atoms with van der Waals surface area (Å²) in [5.74, 6) is -0.907. The van der Waals surface area contributed by atoms with Crippen LogP contribution in [0.15, 0.2) is 48.6 Å². The fraction of sp³-hybridized carbons (Fsp3) is 0.756. The first kappa shape index (κ1) is 48.0. The lowest BCUT2D eigenvalue weighted by Gasteiger charge is -2.18. The predicted molar refractivity (Wildman–Crippen MR) is 207 cm³/mol. The van der Waals surface area contributed by atoms with Crippen molar-refractivity contribution in [3.05, 3.63) is 48.6 Å². The zero-order valence-corrected chi connectivity index (χ0v) is 32.7. The Balaban J connectivity index is 3.97. The molecule has 1 atom stereocenters. The normalized spacial score (nSPS) is 13.0. The van der Waals surface area contributed by atoms with E-state index in [-0.39, 0.29) is 19.4 Å². The van der Waals surface area contributed by atoms with Gasteiger partial charge in [-0.05, 0) is 70.6 Å². The van der Waals surface area contributed by atoms with E-state index >= 15 is 0 Å². The van der Waals surface area contributed by atoms with Crippen molar-refractivity contribution in [2.45, 2.75) is 187 Å². The second-order valence-corrected chi connectivity index (χ2v) is 14.5. The lowest BCUT2D eigenvalue weighted by molar-refractivity contribution is -0.161. The van der Waals surface area contributed by atoms with Crippen molar-refractivity contribution in [1.29, 1.82) is 0 Å². The smallest absolute Gasteiger partial charge is 0.462 e. The van der Waals surface area contributed by atoms with Crippen LogP contribution >= 0.6 is 7.82 Å². The minimum atomic E-state index is -4.76. The topological polar surface area (TPSA) is 119 Å². The molecule has 0 heterocycles. The van der Waals surface area contributed by atoms with E-state index in [2.05, 4.69) is 67.0 Å². The first-order valence-electron chi connectivity index (χ1n) is 19.9. The van der Waals surface area contributed by atoms with Crippen LogP contribution in [0.2, 0.25) is 0 Å². The molecule has 0 aromatic carbocycles. The maximum absolute atomic E-state index is 12.4. The number of hydrogen-bond donors (Lipinski definition) is 2. The number of carbonyl (C=O) groups excluding carboxylic acids is 2. The molecule has 0 spiro atoms. The zero-order chi connectivity index (χ0) is 36.8. The van der Waals surface area contributed by atoms with E-state index in [1.165, 1.54) is 64.2 Å². The molecule has 0 saturated carbocycles. The van der Waals surface area contributed by atoms with E-state index in [0.29, 0.717) is 12.8 Å². The highest BCUT2D eigenvalue weighted by molar-refractivity contribution is 7.46. The average Bonchev–Trinajstić information content (AvgIpc) is 3.08. The standard InChI is InChI=1S/C41H73O8P/c1-3-5-7-9-11-13-15-17-19-20-22-24-26-28-30-32-34-36-41(43)49-39(38-48-50(44,45)46)37-47-40(42)35-33-31-29-27-25-23-21-18-16-14-12-10-8-6-4-2/h5,7,11,13,17-19,21,39H,3-4,6,8-10,12,14-16,20,22-38H2,1-2H3,(H2,44,45,46)/b7-5-,13-11-,19-17-,21-18-. The van der Waals surface area contributed by atoms with Crippen LogP contribution in [0.5, 0.6) is 0 Å². The summed E-state index contributed by atoms with van der Waals surface area (Å²) in [6, 6.07) is 0. The molecule has 0 bridgehead atoms. The molecule has 1 unspecified atom stereocenters. The summed E-state index contributed by atoms with van der Waals surface area (Å²) in [6.45, 7) is 3.55. The van der Waals surface area contributed by atoms with Gasteiger partial charge in [-0.2, -0.15) is 0 Å². The van der Waals surface area contributed by atoms with Crippen LogP contribution in [0, 0.1) is 0 Å². The van der Waals surface area contributed by atoms with Gasteiger partial charge in [0.1, 0.15) is 6.61 Å². The van der Waals surface area contributed by atoms with Crippen LogP contribution in [0.4, 0.5) is 0 Å². The molecular weight excluding hydrogens is 651 g/mol. The summed E-state index contributed by atoms with van der Waals surface area (Å²) in [4.78, 5) is 42.8. The second kappa shape index (κ2) is 36.8. The maximum atomic E-state index is 12.4. The first-order valence-corrected chi connectivity index (χ1v) is 21.5.